The van der Waals surface area contributed by atoms with Crippen LogP contribution in [0.3, 0.4) is 0 Å². The number of hydrogen-bond donors (Lipinski definition) is 2. The molecule has 124 valence electrons. The first-order chi connectivity index (χ1) is 11.6. The number of hydrogen-bond acceptors (Lipinski definition) is 4. The summed E-state index contributed by atoms with van der Waals surface area (Å²) in [5.74, 6) is -3.21. The molecule has 0 aliphatic heterocycles. The third-order valence-corrected chi connectivity index (χ3v) is 4.39. The van der Waals surface area contributed by atoms with Crippen LogP contribution in [-0.4, -0.2) is 30.2 Å². The van der Waals surface area contributed by atoms with Crippen molar-refractivity contribution in [2.45, 2.75) is 12.3 Å². The molecule has 0 unspecified atom stereocenters. The van der Waals surface area contributed by atoms with Crippen LogP contribution in [-0.2, 0) is 14.3 Å². The molecule has 0 aromatic heterocycles. The SMILES string of the molecule is NCC[C@@H](C(=O)O)C(=O)OCC1c2ccccc2-c2ccccc21. The Balaban J connectivity index is 1.81. The number of carboxylic acids is 1. The van der Waals surface area contributed by atoms with Gasteiger partial charge in [0.1, 0.15) is 6.61 Å². The van der Waals surface area contributed by atoms with Crippen LogP contribution >= 0.6 is 0 Å². The minimum Gasteiger partial charge on any atom is -0.481 e. The lowest BCUT2D eigenvalue weighted by Crippen LogP contribution is -2.29. The molecule has 1 aliphatic carbocycles. The summed E-state index contributed by atoms with van der Waals surface area (Å²) in [5, 5.41) is 9.13. The van der Waals surface area contributed by atoms with Gasteiger partial charge in [0.15, 0.2) is 5.92 Å². The summed E-state index contributed by atoms with van der Waals surface area (Å²) in [6, 6.07) is 16.0. The first-order valence-corrected chi connectivity index (χ1v) is 7.91. The van der Waals surface area contributed by atoms with Crippen molar-refractivity contribution >= 4 is 11.9 Å². The van der Waals surface area contributed by atoms with E-state index in [1.165, 1.54) is 0 Å². The van der Waals surface area contributed by atoms with Crippen LogP contribution in [0, 0.1) is 5.92 Å². The Morgan fingerprint density at radius 1 is 1.04 bits per heavy atom. The zero-order valence-electron chi connectivity index (χ0n) is 13.1. The molecule has 0 fully saturated rings. The van der Waals surface area contributed by atoms with E-state index < -0.39 is 17.9 Å². The summed E-state index contributed by atoms with van der Waals surface area (Å²) in [6.07, 6.45) is 0.0754. The Labute approximate surface area is 140 Å². The monoisotopic (exact) mass is 325 g/mol. The Hall–Kier alpha value is -2.66. The summed E-state index contributed by atoms with van der Waals surface area (Å²) < 4.78 is 5.34. The molecule has 0 radical (unpaired) electrons. The highest BCUT2D eigenvalue weighted by Gasteiger charge is 2.32. The number of esters is 1. The molecular formula is C19H19NO4. The summed E-state index contributed by atoms with van der Waals surface area (Å²) in [4.78, 5) is 23.3. The van der Waals surface area contributed by atoms with Crippen LogP contribution in [0.2, 0.25) is 0 Å². The summed E-state index contributed by atoms with van der Waals surface area (Å²) in [6.45, 7) is 0.252. The van der Waals surface area contributed by atoms with E-state index in [1.54, 1.807) is 0 Å². The molecule has 0 saturated heterocycles. The molecular weight excluding hydrogens is 306 g/mol. The molecule has 1 atom stereocenters. The highest BCUT2D eigenvalue weighted by atomic mass is 16.5. The average Bonchev–Trinajstić information content (AvgIpc) is 2.91. The number of nitrogens with two attached hydrogens (primary N) is 1. The van der Waals surface area contributed by atoms with Gasteiger partial charge in [-0.1, -0.05) is 48.5 Å². The number of ether oxygens (including phenoxy) is 1. The number of carboxylic acid groups (broad SMARTS) is 1. The topological polar surface area (TPSA) is 89.6 Å². The van der Waals surface area contributed by atoms with Crippen LogP contribution in [0.4, 0.5) is 0 Å². The van der Waals surface area contributed by atoms with Gasteiger partial charge in [-0.15, -0.1) is 0 Å². The van der Waals surface area contributed by atoms with E-state index in [2.05, 4.69) is 0 Å². The van der Waals surface area contributed by atoms with E-state index in [4.69, 9.17) is 15.6 Å². The predicted octanol–water partition coefficient (Wildman–Crippen LogP) is 2.39. The second-order valence-corrected chi connectivity index (χ2v) is 5.83. The number of benzene rings is 2. The van der Waals surface area contributed by atoms with Crippen molar-refractivity contribution in [3.05, 3.63) is 59.7 Å². The quantitative estimate of drug-likeness (QED) is 0.629. The lowest BCUT2D eigenvalue weighted by atomic mass is 9.98. The van der Waals surface area contributed by atoms with E-state index in [1.807, 2.05) is 48.5 Å². The second-order valence-electron chi connectivity index (χ2n) is 5.83. The van der Waals surface area contributed by atoms with Gasteiger partial charge in [0.05, 0.1) is 0 Å². The lowest BCUT2D eigenvalue weighted by Gasteiger charge is -2.16. The highest BCUT2D eigenvalue weighted by molar-refractivity contribution is 5.94. The molecule has 1 aliphatic rings. The van der Waals surface area contributed by atoms with Gasteiger partial charge in [-0.2, -0.15) is 0 Å². The third kappa shape index (κ3) is 2.90. The van der Waals surface area contributed by atoms with Crippen molar-refractivity contribution in [1.82, 2.24) is 0 Å². The van der Waals surface area contributed by atoms with Gasteiger partial charge in [0, 0.05) is 5.92 Å². The maximum absolute atomic E-state index is 12.1. The molecule has 3 rings (SSSR count). The Morgan fingerprint density at radius 2 is 1.58 bits per heavy atom. The fraction of sp³-hybridized carbons (Fsp3) is 0.263. The molecule has 2 aromatic rings. The zero-order valence-corrected chi connectivity index (χ0v) is 13.1. The maximum atomic E-state index is 12.1. The maximum Gasteiger partial charge on any atom is 0.320 e. The predicted molar refractivity (Wildman–Crippen MR) is 89.5 cm³/mol. The van der Waals surface area contributed by atoms with Crippen LogP contribution in [0.15, 0.2) is 48.5 Å². The molecule has 24 heavy (non-hydrogen) atoms. The van der Waals surface area contributed by atoms with Crippen LogP contribution in [0.5, 0.6) is 0 Å². The van der Waals surface area contributed by atoms with E-state index in [9.17, 15) is 9.59 Å². The van der Waals surface area contributed by atoms with E-state index >= 15 is 0 Å². The fourth-order valence-corrected chi connectivity index (χ4v) is 3.21. The number of fused-ring (bicyclic) bond motifs is 3. The molecule has 5 heteroatoms. The van der Waals surface area contributed by atoms with Crippen molar-refractivity contribution in [2.75, 3.05) is 13.2 Å². The molecule has 0 amide bonds. The van der Waals surface area contributed by atoms with E-state index in [0.717, 1.165) is 22.3 Å². The van der Waals surface area contributed by atoms with Crippen molar-refractivity contribution in [3.8, 4) is 11.1 Å². The van der Waals surface area contributed by atoms with Gasteiger partial charge >= 0.3 is 11.9 Å². The molecule has 0 heterocycles. The van der Waals surface area contributed by atoms with Crippen molar-refractivity contribution < 1.29 is 19.4 Å². The first-order valence-electron chi connectivity index (χ1n) is 7.91. The lowest BCUT2D eigenvalue weighted by molar-refractivity contribution is -0.159. The van der Waals surface area contributed by atoms with Gasteiger partial charge in [0.25, 0.3) is 0 Å². The molecule has 0 bridgehead atoms. The van der Waals surface area contributed by atoms with Gasteiger partial charge in [0.2, 0.25) is 0 Å². The van der Waals surface area contributed by atoms with E-state index in [0.29, 0.717) is 0 Å². The zero-order chi connectivity index (χ0) is 17.1. The fourth-order valence-electron chi connectivity index (χ4n) is 3.21. The van der Waals surface area contributed by atoms with Crippen molar-refractivity contribution in [3.63, 3.8) is 0 Å². The van der Waals surface area contributed by atoms with Crippen LogP contribution in [0.1, 0.15) is 23.5 Å². The number of aliphatic carboxylic acids is 1. The van der Waals surface area contributed by atoms with Gasteiger partial charge in [-0.05, 0) is 35.2 Å². The number of carbonyl (C=O) groups excluding carboxylic acids is 1. The normalized spacial score (nSPS) is 13.9. The minimum absolute atomic E-state index is 0.0753. The van der Waals surface area contributed by atoms with Gasteiger partial charge < -0.3 is 15.6 Å². The van der Waals surface area contributed by atoms with E-state index in [-0.39, 0.29) is 25.5 Å². The standard InChI is InChI=1S/C19H19NO4/c20-10-9-16(18(21)22)19(23)24-11-17-14-7-3-1-5-12(14)13-6-2-4-8-15(13)17/h1-8,16-17H,9-11,20H2,(H,21,22)/t16-/m0/s1. The summed E-state index contributed by atoms with van der Waals surface area (Å²) in [5.41, 5.74) is 9.83. The first kappa shape index (κ1) is 16.2. The largest absolute Gasteiger partial charge is 0.481 e. The Morgan fingerprint density at radius 3 is 2.08 bits per heavy atom. The van der Waals surface area contributed by atoms with Crippen LogP contribution in [0.25, 0.3) is 11.1 Å². The Bertz CT molecular complexity index is 726. The Kier molecular flexibility index (Phi) is 4.62. The molecule has 3 N–H and O–H groups in total. The second kappa shape index (κ2) is 6.84. The third-order valence-electron chi connectivity index (χ3n) is 4.39. The summed E-state index contributed by atoms with van der Waals surface area (Å²) in [7, 11) is 0. The van der Waals surface area contributed by atoms with Crippen molar-refractivity contribution in [1.29, 1.82) is 0 Å². The summed E-state index contributed by atoms with van der Waals surface area (Å²) >= 11 is 0. The molecule has 0 spiro atoms. The van der Waals surface area contributed by atoms with Crippen molar-refractivity contribution in [2.24, 2.45) is 11.7 Å². The number of carbonyl (C=O) groups is 2. The molecule has 5 nitrogen and oxygen atoms in total. The number of rotatable bonds is 6. The van der Waals surface area contributed by atoms with Crippen LogP contribution < -0.4 is 5.73 Å². The van der Waals surface area contributed by atoms with Gasteiger partial charge in [-0.3, -0.25) is 9.59 Å². The smallest absolute Gasteiger partial charge is 0.320 e. The average molecular weight is 325 g/mol. The highest BCUT2D eigenvalue weighted by Crippen LogP contribution is 2.44. The molecule has 0 saturated carbocycles. The molecule has 2 aromatic carbocycles. The van der Waals surface area contributed by atoms with Gasteiger partial charge in [-0.25, -0.2) is 0 Å². The minimum atomic E-state index is -1.21.